The third kappa shape index (κ3) is 2.67. The Hall–Kier alpha value is -2.40. The van der Waals surface area contributed by atoms with Gasteiger partial charge in [0.1, 0.15) is 12.4 Å². The Bertz CT molecular complexity index is 1210. The molecule has 0 unspecified atom stereocenters. The van der Waals surface area contributed by atoms with Gasteiger partial charge in [-0.3, -0.25) is 9.59 Å². The van der Waals surface area contributed by atoms with Gasteiger partial charge < -0.3 is 9.14 Å². The van der Waals surface area contributed by atoms with E-state index in [1.54, 1.807) is 6.07 Å². The van der Waals surface area contributed by atoms with Gasteiger partial charge in [0.15, 0.2) is 11.2 Å². The standard InChI is InChI=1S/C21H18BrNO3/c1-3-4-14(24)11-26-15-8-17-16-7-13(22)5-6-19(16)23-10-12(2)21(25)18(9-15)20(17)23/h5-10H,3-4,11H2,1-2H3. The van der Waals surface area contributed by atoms with Gasteiger partial charge in [-0.2, -0.15) is 0 Å². The van der Waals surface area contributed by atoms with Gasteiger partial charge in [0, 0.05) is 33.4 Å². The van der Waals surface area contributed by atoms with Gasteiger partial charge >= 0.3 is 0 Å². The zero-order valence-electron chi connectivity index (χ0n) is 14.6. The molecule has 0 radical (unpaired) electrons. The zero-order valence-corrected chi connectivity index (χ0v) is 16.2. The highest BCUT2D eigenvalue weighted by Gasteiger charge is 2.16. The fourth-order valence-corrected chi connectivity index (χ4v) is 3.86. The summed E-state index contributed by atoms with van der Waals surface area (Å²) >= 11 is 3.53. The summed E-state index contributed by atoms with van der Waals surface area (Å²) in [6.45, 7) is 3.82. The van der Waals surface area contributed by atoms with Crippen molar-refractivity contribution < 1.29 is 9.53 Å². The SMILES string of the molecule is CCCC(=O)COc1cc2c(=O)c(C)cn3c4ccc(Br)cc4c(c1)c23. The van der Waals surface area contributed by atoms with Crippen molar-refractivity contribution in [3.8, 4) is 5.75 Å². The van der Waals surface area contributed by atoms with Crippen LogP contribution in [0.15, 0.2) is 45.8 Å². The van der Waals surface area contributed by atoms with Crippen LogP contribution in [-0.4, -0.2) is 16.8 Å². The van der Waals surface area contributed by atoms with E-state index >= 15 is 0 Å². The van der Waals surface area contributed by atoms with Crippen molar-refractivity contribution in [3.05, 3.63) is 56.8 Å². The van der Waals surface area contributed by atoms with E-state index in [-0.39, 0.29) is 17.8 Å². The number of carbonyl (C=O) groups excluding carboxylic acids is 1. The molecule has 0 aliphatic rings. The number of hydrogen-bond acceptors (Lipinski definition) is 3. The molecule has 132 valence electrons. The lowest BCUT2D eigenvalue weighted by Gasteiger charge is -2.08. The van der Waals surface area contributed by atoms with Gasteiger partial charge in [-0.15, -0.1) is 0 Å². The van der Waals surface area contributed by atoms with E-state index in [1.807, 2.05) is 44.3 Å². The predicted octanol–water partition coefficient (Wildman–Crippen LogP) is 4.86. The number of ether oxygens (including phenoxy) is 1. The molecule has 2 aromatic heterocycles. The molecule has 4 aromatic rings. The number of carbonyl (C=O) groups is 1. The Morgan fingerprint density at radius 1 is 1.15 bits per heavy atom. The molecule has 0 atom stereocenters. The van der Waals surface area contributed by atoms with Crippen LogP contribution in [0.2, 0.25) is 0 Å². The maximum Gasteiger partial charge on any atom is 0.192 e. The molecule has 4 rings (SSSR count). The second-order valence-electron chi connectivity index (χ2n) is 6.62. The number of ketones is 1. The summed E-state index contributed by atoms with van der Waals surface area (Å²) in [5.74, 6) is 0.618. The topological polar surface area (TPSA) is 47.8 Å². The van der Waals surface area contributed by atoms with Crippen LogP contribution in [0.4, 0.5) is 0 Å². The number of aryl methyl sites for hydroxylation is 1. The summed E-state index contributed by atoms with van der Waals surface area (Å²) in [6.07, 6.45) is 3.19. The first-order valence-corrected chi connectivity index (χ1v) is 9.43. The van der Waals surface area contributed by atoms with Crippen molar-refractivity contribution in [2.45, 2.75) is 26.7 Å². The fraction of sp³-hybridized carbons (Fsp3) is 0.238. The molecule has 2 heterocycles. The first-order valence-electron chi connectivity index (χ1n) is 8.64. The highest BCUT2D eigenvalue weighted by molar-refractivity contribution is 9.10. The molecule has 0 fully saturated rings. The van der Waals surface area contributed by atoms with Crippen molar-refractivity contribution in [2.24, 2.45) is 0 Å². The van der Waals surface area contributed by atoms with E-state index in [9.17, 15) is 9.59 Å². The molecule has 0 aliphatic heterocycles. The molecule has 2 aromatic carbocycles. The Balaban J connectivity index is 1.98. The Kier molecular flexibility index (Phi) is 4.19. The predicted molar refractivity (Wildman–Crippen MR) is 108 cm³/mol. The minimum Gasteiger partial charge on any atom is -0.486 e. The van der Waals surface area contributed by atoms with Crippen molar-refractivity contribution in [2.75, 3.05) is 6.61 Å². The molecule has 5 heteroatoms. The summed E-state index contributed by atoms with van der Waals surface area (Å²) in [6, 6.07) is 9.75. The lowest BCUT2D eigenvalue weighted by molar-refractivity contribution is -0.121. The monoisotopic (exact) mass is 411 g/mol. The van der Waals surface area contributed by atoms with E-state index < -0.39 is 0 Å². The average molecular weight is 412 g/mol. The minimum absolute atomic E-state index is 0.00490. The van der Waals surface area contributed by atoms with Crippen LogP contribution in [0.3, 0.4) is 0 Å². The molecule has 0 saturated carbocycles. The highest BCUT2D eigenvalue weighted by atomic mass is 79.9. The van der Waals surface area contributed by atoms with Crippen molar-refractivity contribution >= 4 is 48.9 Å². The molecular formula is C21H18BrNO3. The number of hydrogen-bond donors (Lipinski definition) is 0. The molecule has 0 bridgehead atoms. The van der Waals surface area contributed by atoms with Gasteiger partial charge in [-0.1, -0.05) is 22.9 Å². The smallest absolute Gasteiger partial charge is 0.192 e. The summed E-state index contributed by atoms with van der Waals surface area (Å²) < 4.78 is 8.76. The van der Waals surface area contributed by atoms with Crippen molar-refractivity contribution in [1.82, 2.24) is 4.40 Å². The van der Waals surface area contributed by atoms with Crippen molar-refractivity contribution in [3.63, 3.8) is 0 Å². The molecule has 0 saturated heterocycles. The van der Waals surface area contributed by atoms with E-state index in [2.05, 4.69) is 20.3 Å². The maximum absolute atomic E-state index is 12.7. The van der Waals surface area contributed by atoms with E-state index in [4.69, 9.17) is 4.74 Å². The van der Waals surface area contributed by atoms with Crippen LogP contribution < -0.4 is 10.2 Å². The Morgan fingerprint density at radius 2 is 1.92 bits per heavy atom. The number of rotatable bonds is 5. The number of Topliss-reactive ketones (excluding diaryl/α,β-unsaturated/α-hetero) is 1. The van der Waals surface area contributed by atoms with Gasteiger partial charge in [-0.25, -0.2) is 0 Å². The minimum atomic E-state index is -0.00490. The number of fused-ring (bicyclic) bond motifs is 3. The van der Waals surface area contributed by atoms with Crippen LogP contribution in [0.5, 0.6) is 5.75 Å². The number of pyridine rings is 1. The average Bonchev–Trinajstić information content (AvgIpc) is 2.91. The second kappa shape index (κ2) is 6.40. The fourth-order valence-electron chi connectivity index (χ4n) is 3.50. The highest BCUT2D eigenvalue weighted by Crippen LogP contribution is 2.35. The third-order valence-corrected chi connectivity index (χ3v) is 5.18. The number of benzene rings is 2. The molecule has 26 heavy (non-hydrogen) atoms. The molecule has 0 N–H and O–H groups in total. The zero-order chi connectivity index (χ0) is 18.4. The normalized spacial score (nSPS) is 11.7. The summed E-state index contributed by atoms with van der Waals surface area (Å²) in [7, 11) is 0. The molecule has 0 aliphatic carbocycles. The first-order chi connectivity index (χ1) is 12.5. The molecule has 0 amide bonds. The van der Waals surface area contributed by atoms with Crippen molar-refractivity contribution in [1.29, 1.82) is 0 Å². The maximum atomic E-state index is 12.7. The first kappa shape index (κ1) is 17.0. The van der Waals surface area contributed by atoms with Gasteiger partial charge in [0.05, 0.1) is 16.4 Å². The number of aromatic nitrogens is 1. The lowest BCUT2D eigenvalue weighted by atomic mass is 10.1. The lowest BCUT2D eigenvalue weighted by Crippen LogP contribution is -2.11. The second-order valence-corrected chi connectivity index (χ2v) is 7.53. The Morgan fingerprint density at radius 3 is 2.69 bits per heavy atom. The number of halogens is 1. The molecule has 4 nitrogen and oxygen atoms in total. The van der Waals surface area contributed by atoms with Crippen LogP contribution in [0.1, 0.15) is 25.3 Å². The number of nitrogens with zero attached hydrogens (tertiary/aromatic N) is 1. The van der Waals surface area contributed by atoms with E-state index in [1.165, 1.54) is 0 Å². The van der Waals surface area contributed by atoms with Gasteiger partial charge in [0.2, 0.25) is 0 Å². The quantitative estimate of drug-likeness (QED) is 0.470. The van der Waals surface area contributed by atoms with E-state index in [0.29, 0.717) is 23.1 Å². The Labute approximate surface area is 158 Å². The van der Waals surface area contributed by atoms with Crippen LogP contribution in [-0.2, 0) is 4.79 Å². The van der Waals surface area contributed by atoms with Crippen LogP contribution in [0.25, 0.3) is 27.2 Å². The summed E-state index contributed by atoms with van der Waals surface area (Å²) in [5, 5.41) is 2.61. The summed E-state index contributed by atoms with van der Waals surface area (Å²) in [5.41, 5.74) is 2.60. The van der Waals surface area contributed by atoms with Crippen LogP contribution >= 0.6 is 15.9 Å². The van der Waals surface area contributed by atoms with Gasteiger partial charge in [-0.05, 0) is 43.7 Å². The van der Waals surface area contributed by atoms with Crippen LogP contribution in [0, 0.1) is 6.92 Å². The summed E-state index contributed by atoms with van der Waals surface area (Å²) in [4.78, 5) is 24.5. The largest absolute Gasteiger partial charge is 0.486 e. The third-order valence-electron chi connectivity index (χ3n) is 4.69. The molecular weight excluding hydrogens is 394 g/mol. The van der Waals surface area contributed by atoms with Gasteiger partial charge in [0.25, 0.3) is 0 Å². The molecule has 0 spiro atoms. The van der Waals surface area contributed by atoms with E-state index in [0.717, 1.165) is 32.7 Å².